The fourth-order valence-electron chi connectivity index (χ4n) is 4.57. The van der Waals surface area contributed by atoms with Crippen molar-refractivity contribution >= 4 is 23.9 Å². The van der Waals surface area contributed by atoms with Crippen LogP contribution >= 0.6 is 0 Å². The number of rotatable bonds is 5. The molecule has 186 valence electrons. The monoisotopic (exact) mass is 473 g/mol. The van der Waals surface area contributed by atoms with E-state index in [0.717, 1.165) is 44.3 Å². The van der Waals surface area contributed by atoms with Crippen LogP contribution < -0.4 is 16.8 Å². The molecule has 2 atom stereocenters. The van der Waals surface area contributed by atoms with Gasteiger partial charge in [0.1, 0.15) is 12.6 Å². The zero-order chi connectivity index (χ0) is 24.5. The molecule has 10 nitrogen and oxygen atoms in total. The van der Waals surface area contributed by atoms with Crippen molar-refractivity contribution in [2.75, 3.05) is 19.6 Å². The average molecular weight is 474 g/mol. The maximum absolute atomic E-state index is 12.0. The summed E-state index contributed by atoms with van der Waals surface area (Å²) in [6, 6.07) is 7.10. The maximum atomic E-state index is 12.0. The Hall–Kier alpha value is -3.14. The van der Waals surface area contributed by atoms with Crippen molar-refractivity contribution in [3.8, 4) is 0 Å². The van der Waals surface area contributed by atoms with E-state index in [0.29, 0.717) is 10.8 Å². The summed E-state index contributed by atoms with van der Waals surface area (Å²) >= 11 is 0. The van der Waals surface area contributed by atoms with E-state index in [1.54, 1.807) is 24.3 Å². The first-order valence-electron chi connectivity index (χ1n) is 12.0. The molecule has 2 aliphatic heterocycles. The Morgan fingerprint density at radius 1 is 1.03 bits per heavy atom. The number of urea groups is 1. The van der Waals surface area contributed by atoms with Crippen LogP contribution in [0.2, 0.25) is 0 Å². The topological polar surface area (TPSA) is 148 Å². The molecule has 2 heterocycles. The zero-order valence-electron chi connectivity index (χ0n) is 19.5. The Balaban J connectivity index is 0.000000196. The molecule has 10 heteroatoms. The molecule has 4 rings (SSSR count). The highest BCUT2D eigenvalue weighted by molar-refractivity contribution is 5.99. The Morgan fingerprint density at radius 3 is 2.29 bits per heavy atom. The van der Waals surface area contributed by atoms with Crippen molar-refractivity contribution < 1.29 is 23.9 Å². The van der Waals surface area contributed by atoms with Crippen LogP contribution in [0.1, 0.15) is 50.5 Å². The Bertz CT molecular complexity index is 853. The number of carbonyl (C=O) groups excluding carboxylic acids is 4. The summed E-state index contributed by atoms with van der Waals surface area (Å²) in [5.41, 5.74) is 12.0. The zero-order valence-corrected chi connectivity index (χ0v) is 19.5. The number of likely N-dealkylation sites (tertiary alicyclic amines) is 1. The number of benzene rings is 1. The molecule has 1 aromatic carbocycles. The van der Waals surface area contributed by atoms with E-state index in [-0.39, 0.29) is 25.1 Å². The normalized spacial score (nSPS) is 21.3. The van der Waals surface area contributed by atoms with Gasteiger partial charge in [-0.1, -0.05) is 49.6 Å². The first-order chi connectivity index (χ1) is 16.4. The lowest BCUT2D eigenvalue weighted by molar-refractivity contribution is -0.133. The molecule has 5 amide bonds. The average Bonchev–Trinajstić information content (AvgIpc) is 3.53. The summed E-state index contributed by atoms with van der Waals surface area (Å²) in [5, 5.41) is 2.37. The van der Waals surface area contributed by atoms with E-state index in [2.05, 4.69) is 5.32 Å². The minimum atomic E-state index is -1.00. The fourth-order valence-corrected chi connectivity index (χ4v) is 4.57. The first kappa shape index (κ1) is 25.5. The van der Waals surface area contributed by atoms with Crippen molar-refractivity contribution in [3.63, 3.8) is 0 Å². The number of carbonyl (C=O) groups is 4. The van der Waals surface area contributed by atoms with Crippen molar-refractivity contribution in [2.24, 2.45) is 17.4 Å². The Labute approximate surface area is 199 Å². The second-order valence-electron chi connectivity index (χ2n) is 8.97. The molecule has 1 unspecified atom stereocenters. The molecule has 0 bridgehead atoms. The molecular weight excluding hydrogens is 438 g/mol. The van der Waals surface area contributed by atoms with Gasteiger partial charge in [0.2, 0.25) is 11.8 Å². The lowest BCUT2D eigenvalue weighted by Crippen LogP contribution is -2.47. The van der Waals surface area contributed by atoms with Gasteiger partial charge < -0.3 is 26.4 Å². The van der Waals surface area contributed by atoms with E-state index in [4.69, 9.17) is 16.2 Å². The molecule has 0 aromatic heterocycles. The van der Waals surface area contributed by atoms with Gasteiger partial charge in [-0.3, -0.25) is 9.59 Å². The van der Waals surface area contributed by atoms with Crippen LogP contribution in [0.25, 0.3) is 0 Å². The van der Waals surface area contributed by atoms with Gasteiger partial charge in [-0.05, 0) is 37.2 Å². The second kappa shape index (κ2) is 12.4. The Morgan fingerprint density at radius 2 is 1.68 bits per heavy atom. The largest absolute Gasteiger partial charge is 0.444 e. The summed E-state index contributed by atoms with van der Waals surface area (Å²) in [5.74, 6) is -0.0961. The lowest BCUT2D eigenvalue weighted by Gasteiger charge is -2.29. The van der Waals surface area contributed by atoms with E-state index in [1.165, 1.54) is 19.3 Å². The van der Waals surface area contributed by atoms with E-state index < -0.39 is 24.1 Å². The summed E-state index contributed by atoms with van der Waals surface area (Å²) in [6.07, 6.45) is 7.56. The number of primary amides is 1. The number of nitrogens with zero attached hydrogens (tertiary/aromatic N) is 2. The van der Waals surface area contributed by atoms with Gasteiger partial charge in [0, 0.05) is 19.6 Å². The SMILES string of the molecule is NC(=O)[C@@H]1CNC(=O)N1C(=O)OCc1ccccc1.NC(C(=O)N1CCCC1)C1CCCCC1. The molecule has 3 fully saturated rings. The summed E-state index contributed by atoms with van der Waals surface area (Å²) in [4.78, 5) is 49.0. The van der Waals surface area contributed by atoms with Crippen LogP contribution in [-0.4, -0.2) is 65.5 Å². The van der Waals surface area contributed by atoms with Gasteiger partial charge in [0.25, 0.3) is 0 Å². The third kappa shape index (κ3) is 6.69. The minimum Gasteiger partial charge on any atom is -0.444 e. The molecule has 34 heavy (non-hydrogen) atoms. The maximum Gasteiger partial charge on any atom is 0.419 e. The van der Waals surface area contributed by atoms with Crippen LogP contribution in [0, 0.1) is 5.92 Å². The third-order valence-corrected chi connectivity index (χ3v) is 6.57. The molecule has 0 spiro atoms. The van der Waals surface area contributed by atoms with Crippen LogP contribution in [-0.2, 0) is 20.9 Å². The molecule has 1 aromatic rings. The number of ether oxygens (including phenoxy) is 1. The summed E-state index contributed by atoms with van der Waals surface area (Å²) in [7, 11) is 0. The molecule has 1 aliphatic carbocycles. The summed E-state index contributed by atoms with van der Waals surface area (Å²) < 4.78 is 4.98. The smallest absolute Gasteiger partial charge is 0.419 e. The molecular formula is C24H35N5O5. The van der Waals surface area contributed by atoms with E-state index >= 15 is 0 Å². The lowest BCUT2D eigenvalue weighted by atomic mass is 9.84. The minimum absolute atomic E-state index is 0.00854. The first-order valence-corrected chi connectivity index (χ1v) is 12.0. The predicted molar refractivity (Wildman–Crippen MR) is 125 cm³/mol. The molecule has 3 aliphatic rings. The number of nitrogens with one attached hydrogen (secondary N) is 1. The van der Waals surface area contributed by atoms with Crippen LogP contribution in [0.5, 0.6) is 0 Å². The van der Waals surface area contributed by atoms with Gasteiger partial charge in [0.05, 0.1) is 6.04 Å². The molecule has 0 radical (unpaired) electrons. The molecule has 1 saturated carbocycles. The predicted octanol–water partition coefficient (Wildman–Crippen LogP) is 1.72. The highest BCUT2D eigenvalue weighted by Crippen LogP contribution is 2.27. The standard InChI is InChI=1S/C12H13N3O4.C12H22N2O/c13-10(16)9-6-14-11(17)15(9)12(18)19-7-8-4-2-1-3-5-8;13-11(10-6-2-1-3-7-10)12(15)14-8-4-5-9-14/h1-5,9H,6-7H2,(H2,13,16)(H,14,17);10-11H,1-9,13H2/t9-;/m0./s1. The van der Waals surface area contributed by atoms with Gasteiger partial charge in [0.15, 0.2) is 0 Å². The summed E-state index contributed by atoms with van der Waals surface area (Å²) in [6.45, 7) is 1.89. The van der Waals surface area contributed by atoms with Crippen molar-refractivity contribution in [1.82, 2.24) is 15.1 Å². The number of hydrogen-bond donors (Lipinski definition) is 3. The highest BCUT2D eigenvalue weighted by atomic mass is 16.6. The fraction of sp³-hybridized carbons (Fsp3) is 0.583. The highest BCUT2D eigenvalue weighted by Gasteiger charge is 2.40. The second-order valence-corrected chi connectivity index (χ2v) is 8.97. The van der Waals surface area contributed by atoms with Crippen LogP contribution in [0.3, 0.4) is 0 Å². The number of hydrogen-bond acceptors (Lipinski definition) is 6. The quantitative estimate of drug-likeness (QED) is 0.593. The van der Waals surface area contributed by atoms with Crippen molar-refractivity contribution in [1.29, 1.82) is 0 Å². The number of imide groups is 1. The Kier molecular flexibility index (Phi) is 9.26. The van der Waals surface area contributed by atoms with E-state index in [1.807, 2.05) is 11.0 Å². The van der Waals surface area contributed by atoms with Crippen LogP contribution in [0.4, 0.5) is 9.59 Å². The van der Waals surface area contributed by atoms with Gasteiger partial charge in [-0.2, -0.15) is 0 Å². The molecule has 5 N–H and O–H groups in total. The van der Waals surface area contributed by atoms with Gasteiger partial charge >= 0.3 is 12.1 Å². The van der Waals surface area contributed by atoms with Crippen LogP contribution in [0.15, 0.2) is 30.3 Å². The third-order valence-electron chi connectivity index (χ3n) is 6.57. The van der Waals surface area contributed by atoms with Crippen molar-refractivity contribution in [3.05, 3.63) is 35.9 Å². The molecule has 2 saturated heterocycles. The van der Waals surface area contributed by atoms with E-state index in [9.17, 15) is 19.2 Å². The van der Waals surface area contributed by atoms with Gasteiger partial charge in [-0.15, -0.1) is 0 Å². The van der Waals surface area contributed by atoms with Gasteiger partial charge in [-0.25, -0.2) is 14.5 Å². The van der Waals surface area contributed by atoms with Crippen molar-refractivity contribution in [2.45, 2.75) is 63.6 Å². The number of amides is 5. The number of nitrogens with two attached hydrogens (primary N) is 2.